The summed E-state index contributed by atoms with van der Waals surface area (Å²) in [6.45, 7) is 3.14. The molecule has 2 aromatic rings. The number of rotatable bonds is 1. The first-order valence-corrected chi connectivity index (χ1v) is 6.64. The van der Waals surface area contributed by atoms with E-state index in [1.165, 1.54) is 16.7 Å². The van der Waals surface area contributed by atoms with Gasteiger partial charge in [-0.3, -0.25) is 0 Å². The van der Waals surface area contributed by atoms with Gasteiger partial charge in [0.05, 0.1) is 43.6 Å². The maximum Gasteiger partial charge on any atom is 0.0956 e. The molecule has 4 rings (SSSR count). The minimum absolute atomic E-state index is 0.108. The molecule has 0 aliphatic carbocycles. The second-order valence-corrected chi connectivity index (χ2v) is 5.49. The third-order valence-electron chi connectivity index (χ3n) is 4.27. The van der Waals surface area contributed by atoms with Crippen LogP contribution in [-0.2, 0) is 4.74 Å². The van der Waals surface area contributed by atoms with E-state index < -0.39 is 6.10 Å². The summed E-state index contributed by atoms with van der Waals surface area (Å²) in [5.74, 6) is 0.108. The number of hydrogen-bond acceptors (Lipinski definition) is 3. The summed E-state index contributed by atoms with van der Waals surface area (Å²) in [7, 11) is 0. The average molecular weight is 256 g/mol. The second kappa shape index (κ2) is 3.92. The Balaban J connectivity index is 1.89. The summed E-state index contributed by atoms with van der Waals surface area (Å²) in [4.78, 5) is 4.26. The van der Waals surface area contributed by atoms with Crippen molar-refractivity contribution in [1.29, 1.82) is 0 Å². The lowest BCUT2D eigenvalue weighted by molar-refractivity contribution is 0.111. The fourth-order valence-electron chi connectivity index (χ4n) is 3.33. The van der Waals surface area contributed by atoms with Crippen LogP contribution in [0.5, 0.6) is 0 Å². The SMILES string of the molecule is Cc1ccc2c(c1)-c1cncn1C2[C@@H]1COC[C@H]1O. The van der Waals surface area contributed by atoms with Crippen LogP contribution in [0, 0.1) is 12.8 Å². The van der Waals surface area contributed by atoms with Gasteiger partial charge in [0, 0.05) is 11.5 Å². The van der Waals surface area contributed by atoms with Gasteiger partial charge in [-0.25, -0.2) is 4.98 Å². The van der Waals surface area contributed by atoms with E-state index in [4.69, 9.17) is 4.74 Å². The summed E-state index contributed by atoms with van der Waals surface area (Å²) in [6, 6.07) is 6.65. The second-order valence-electron chi connectivity index (χ2n) is 5.49. The highest BCUT2D eigenvalue weighted by molar-refractivity contribution is 5.70. The van der Waals surface area contributed by atoms with Crippen LogP contribution in [0.15, 0.2) is 30.7 Å². The van der Waals surface area contributed by atoms with Gasteiger partial charge in [-0.15, -0.1) is 0 Å². The Labute approximate surface area is 111 Å². The van der Waals surface area contributed by atoms with Crippen molar-refractivity contribution >= 4 is 0 Å². The zero-order chi connectivity index (χ0) is 13.0. The van der Waals surface area contributed by atoms with Crippen molar-refractivity contribution in [3.63, 3.8) is 0 Å². The van der Waals surface area contributed by atoms with E-state index in [1.807, 2.05) is 12.5 Å². The standard InChI is InChI=1S/C15H16N2O2/c1-9-2-3-10-11(4-9)13-5-16-8-17(13)15(10)12-6-19-7-14(12)18/h2-5,8,12,14-15,18H,6-7H2,1H3/t12-,14-,15?/m1/s1. The number of aryl methyl sites for hydroxylation is 1. The highest BCUT2D eigenvalue weighted by atomic mass is 16.5. The van der Waals surface area contributed by atoms with Gasteiger partial charge in [0.15, 0.2) is 0 Å². The van der Waals surface area contributed by atoms with Crippen molar-refractivity contribution in [2.24, 2.45) is 5.92 Å². The predicted molar refractivity (Wildman–Crippen MR) is 70.9 cm³/mol. The van der Waals surface area contributed by atoms with E-state index >= 15 is 0 Å². The fourth-order valence-corrected chi connectivity index (χ4v) is 3.33. The number of aliphatic hydroxyl groups excluding tert-OH is 1. The normalized spacial score (nSPS) is 28.4. The molecule has 98 valence electrons. The van der Waals surface area contributed by atoms with E-state index in [0.29, 0.717) is 13.2 Å². The minimum Gasteiger partial charge on any atom is -0.390 e. The summed E-state index contributed by atoms with van der Waals surface area (Å²) in [6.07, 6.45) is 3.37. The van der Waals surface area contributed by atoms with Crippen LogP contribution in [0.2, 0.25) is 0 Å². The lowest BCUT2D eigenvalue weighted by Gasteiger charge is -2.23. The lowest BCUT2D eigenvalue weighted by atomic mass is 9.89. The quantitative estimate of drug-likeness (QED) is 0.846. The first kappa shape index (κ1) is 11.2. The molecule has 1 saturated heterocycles. The van der Waals surface area contributed by atoms with Gasteiger partial charge in [0.2, 0.25) is 0 Å². The van der Waals surface area contributed by atoms with Gasteiger partial charge in [-0.05, 0) is 18.6 Å². The molecule has 1 aromatic heterocycles. The monoisotopic (exact) mass is 256 g/mol. The third kappa shape index (κ3) is 1.50. The zero-order valence-corrected chi connectivity index (χ0v) is 10.8. The number of fused-ring (bicyclic) bond motifs is 3. The van der Waals surface area contributed by atoms with E-state index in [2.05, 4.69) is 34.7 Å². The molecule has 3 atom stereocenters. The molecule has 1 N–H and O–H groups in total. The summed E-state index contributed by atoms with van der Waals surface area (Å²) < 4.78 is 7.60. The highest BCUT2D eigenvalue weighted by Gasteiger charge is 2.40. The molecule has 0 saturated carbocycles. The van der Waals surface area contributed by atoms with Crippen molar-refractivity contribution in [3.05, 3.63) is 41.9 Å². The van der Waals surface area contributed by atoms with Crippen molar-refractivity contribution in [3.8, 4) is 11.3 Å². The van der Waals surface area contributed by atoms with Gasteiger partial charge in [-0.2, -0.15) is 0 Å². The van der Waals surface area contributed by atoms with Gasteiger partial charge in [0.25, 0.3) is 0 Å². The largest absolute Gasteiger partial charge is 0.390 e. The average Bonchev–Trinajstić information content (AvgIpc) is 3.05. The molecule has 4 heteroatoms. The van der Waals surface area contributed by atoms with Crippen LogP contribution in [0.25, 0.3) is 11.3 Å². The third-order valence-corrected chi connectivity index (χ3v) is 4.27. The number of aliphatic hydroxyl groups is 1. The summed E-state index contributed by atoms with van der Waals surface area (Å²) in [5, 5.41) is 10.1. The molecule has 3 heterocycles. The molecular weight excluding hydrogens is 240 g/mol. The fraction of sp³-hybridized carbons (Fsp3) is 0.400. The first-order chi connectivity index (χ1) is 9.25. The van der Waals surface area contributed by atoms with Gasteiger partial charge < -0.3 is 14.4 Å². The number of benzene rings is 1. The molecule has 2 aliphatic heterocycles. The number of nitrogens with zero attached hydrogens (tertiary/aromatic N) is 2. The molecule has 2 aliphatic rings. The molecule has 0 amide bonds. The molecule has 1 fully saturated rings. The Morgan fingerprint density at radius 2 is 2.26 bits per heavy atom. The Bertz CT molecular complexity index is 635. The van der Waals surface area contributed by atoms with Crippen LogP contribution in [0.1, 0.15) is 17.2 Å². The van der Waals surface area contributed by atoms with Crippen LogP contribution in [-0.4, -0.2) is 34.0 Å². The summed E-state index contributed by atoms with van der Waals surface area (Å²) >= 11 is 0. The van der Waals surface area contributed by atoms with Crippen LogP contribution < -0.4 is 0 Å². The first-order valence-electron chi connectivity index (χ1n) is 6.64. The summed E-state index contributed by atoms with van der Waals surface area (Å²) in [5.41, 5.74) is 4.90. The van der Waals surface area contributed by atoms with Crippen LogP contribution in [0.3, 0.4) is 0 Å². The van der Waals surface area contributed by atoms with Crippen molar-refractivity contribution in [1.82, 2.24) is 9.55 Å². The Hall–Kier alpha value is -1.65. The highest BCUT2D eigenvalue weighted by Crippen LogP contribution is 2.45. The van der Waals surface area contributed by atoms with Gasteiger partial charge >= 0.3 is 0 Å². The Morgan fingerprint density at radius 1 is 1.37 bits per heavy atom. The van der Waals surface area contributed by atoms with Crippen LogP contribution in [0.4, 0.5) is 0 Å². The zero-order valence-electron chi connectivity index (χ0n) is 10.8. The molecule has 0 bridgehead atoms. The molecular formula is C15H16N2O2. The predicted octanol–water partition coefficient (Wildman–Crippen LogP) is 1.77. The minimum atomic E-state index is -0.396. The van der Waals surface area contributed by atoms with Gasteiger partial charge in [0.1, 0.15) is 0 Å². The Kier molecular flexibility index (Phi) is 2.31. The number of imidazole rings is 1. The van der Waals surface area contributed by atoms with Crippen LogP contribution >= 0.6 is 0 Å². The Morgan fingerprint density at radius 3 is 3.05 bits per heavy atom. The maximum absolute atomic E-state index is 10.1. The smallest absolute Gasteiger partial charge is 0.0956 e. The van der Waals surface area contributed by atoms with E-state index in [0.717, 1.165) is 5.69 Å². The molecule has 0 spiro atoms. The molecule has 0 radical (unpaired) electrons. The topological polar surface area (TPSA) is 47.3 Å². The molecule has 1 unspecified atom stereocenters. The van der Waals surface area contributed by atoms with Crippen molar-refractivity contribution in [2.45, 2.75) is 19.1 Å². The van der Waals surface area contributed by atoms with Crippen molar-refractivity contribution < 1.29 is 9.84 Å². The van der Waals surface area contributed by atoms with E-state index in [-0.39, 0.29) is 12.0 Å². The van der Waals surface area contributed by atoms with E-state index in [1.54, 1.807) is 0 Å². The van der Waals surface area contributed by atoms with Gasteiger partial charge in [-0.1, -0.05) is 17.7 Å². The molecule has 4 nitrogen and oxygen atoms in total. The lowest BCUT2D eigenvalue weighted by Crippen LogP contribution is -2.27. The maximum atomic E-state index is 10.1. The molecule has 1 aromatic carbocycles. The van der Waals surface area contributed by atoms with Crippen molar-refractivity contribution in [2.75, 3.05) is 13.2 Å². The number of ether oxygens (including phenoxy) is 1. The molecule has 19 heavy (non-hydrogen) atoms. The number of aromatic nitrogens is 2. The van der Waals surface area contributed by atoms with E-state index in [9.17, 15) is 5.11 Å². The number of hydrogen-bond donors (Lipinski definition) is 1.